The minimum Gasteiger partial charge on any atom is -0.338 e. The second kappa shape index (κ2) is 7.78. The van der Waals surface area contributed by atoms with E-state index in [9.17, 15) is 9.59 Å². The van der Waals surface area contributed by atoms with E-state index in [4.69, 9.17) is 0 Å². The van der Waals surface area contributed by atoms with Gasteiger partial charge in [-0.1, -0.05) is 17.2 Å². The Morgan fingerprint density at radius 3 is 2.61 bits per heavy atom. The molecule has 0 saturated carbocycles. The van der Waals surface area contributed by atoms with Crippen molar-refractivity contribution in [3.8, 4) is 0 Å². The summed E-state index contributed by atoms with van der Waals surface area (Å²) in [5.41, 5.74) is 5.17. The van der Waals surface area contributed by atoms with E-state index in [0.29, 0.717) is 13.1 Å². The molecule has 1 unspecified atom stereocenters. The fourth-order valence-corrected chi connectivity index (χ4v) is 4.51. The van der Waals surface area contributed by atoms with Gasteiger partial charge < -0.3 is 9.80 Å². The molecule has 1 aromatic carbocycles. The van der Waals surface area contributed by atoms with E-state index in [2.05, 4.69) is 16.3 Å². The van der Waals surface area contributed by atoms with Gasteiger partial charge in [0.1, 0.15) is 0 Å². The quantitative estimate of drug-likeness (QED) is 0.871. The van der Waals surface area contributed by atoms with Crippen LogP contribution in [0, 0.1) is 19.8 Å². The number of rotatable bonds is 2. The lowest BCUT2D eigenvalue weighted by Gasteiger charge is -2.35. The van der Waals surface area contributed by atoms with Gasteiger partial charge in [0, 0.05) is 43.0 Å². The maximum absolute atomic E-state index is 13.2. The van der Waals surface area contributed by atoms with Crippen molar-refractivity contribution in [3.63, 3.8) is 0 Å². The molecule has 2 amide bonds. The molecule has 1 saturated heterocycles. The van der Waals surface area contributed by atoms with Crippen LogP contribution < -0.4 is 0 Å². The topological polar surface area (TPSA) is 69.3 Å². The first-order chi connectivity index (χ1) is 13.5. The van der Waals surface area contributed by atoms with Crippen LogP contribution in [0.25, 0.3) is 0 Å². The third-order valence-corrected chi connectivity index (χ3v) is 5.86. The van der Waals surface area contributed by atoms with E-state index in [1.807, 2.05) is 42.0 Å². The van der Waals surface area contributed by atoms with Crippen LogP contribution in [0.5, 0.6) is 0 Å². The number of hydrogen-bond donors (Lipinski definition) is 1. The van der Waals surface area contributed by atoms with E-state index < -0.39 is 0 Å². The summed E-state index contributed by atoms with van der Waals surface area (Å²) in [7, 11) is 0. The van der Waals surface area contributed by atoms with E-state index in [1.54, 1.807) is 0 Å². The number of H-pyrrole nitrogens is 1. The molecule has 2 aliphatic heterocycles. The molecule has 1 atom stereocenters. The highest BCUT2D eigenvalue weighted by Crippen LogP contribution is 2.24. The summed E-state index contributed by atoms with van der Waals surface area (Å²) >= 11 is 0. The second-order valence-electron chi connectivity index (χ2n) is 8.20. The highest BCUT2D eigenvalue weighted by Gasteiger charge is 2.32. The SMILES string of the molecule is Cc1cc(C)cc(C(=O)N2CCCC(C(=O)N3CCCc4[nH]ncc4C3)C2)c1. The number of nitrogens with one attached hydrogen (secondary N) is 1. The van der Waals surface area contributed by atoms with Crippen molar-refractivity contribution in [2.45, 2.75) is 46.1 Å². The molecule has 2 aliphatic rings. The average Bonchev–Trinajstić information content (AvgIpc) is 3.03. The Hall–Kier alpha value is -2.63. The molecule has 28 heavy (non-hydrogen) atoms. The Balaban J connectivity index is 1.46. The maximum Gasteiger partial charge on any atom is 0.253 e. The molecule has 6 heteroatoms. The molecule has 1 N–H and O–H groups in total. The smallest absolute Gasteiger partial charge is 0.253 e. The molecule has 3 heterocycles. The highest BCUT2D eigenvalue weighted by molar-refractivity contribution is 5.95. The van der Waals surface area contributed by atoms with Crippen molar-refractivity contribution in [3.05, 3.63) is 52.3 Å². The maximum atomic E-state index is 13.2. The number of likely N-dealkylation sites (tertiary alicyclic amines) is 1. The number of hydrogen-bond acceptors (Lipinski definition) is 3. The zero-order valence-electron chi connectivity index (χ0n) is 16.7. The minimum atomic E-state index is -0.114. The van der Waals surface area contributed by atoms with Crippen LogP contribution in [0.3, 0.4) is 0 Å². The van der Waals surface area contributed by atoms with Gasteiger partial charge in [-0.15, -0.1) is 0 Å². The minimum absolute atomic E-state index is 0.0392. The number of aryl methyl sites for hydroxylation is 3. The molecule has 6 nitrogen and oxygen atoms in total. The number of benzene rings is 1. The van der Waals surface area contributed by atoms with Gasteiger partial charge in [0.2, 0.25) is 5.91 Å². The fourth-order valence-electron chi connectivity index (χ4n) is 4.51. The molecular weight excluding hydrogens is 352 g/mol. The number of carbonyl (C=O) groups is 2. The first-order valence-corrected chi connectivity index (χ1v) is 10.2. The fraction of sp³-hybridized carbons (Fsp3) is 0.500. The number of nitrogens with zero attached hydrogens (tertiary/aromatic N) is 3. The first-order valence-electron chi connectivity index (χ1n) is 10.2. The van der Waals surface area contributed by atoms with Crippen molar-refractivity contribution in [2.75, 3.05) is 19.6 Å². The van der Waals surface area contributed by atoms with E-state index in [1.165, 1.54) is 0 Å². The molecule has 148 valence electrons. The molecule has 2 aromatic rings. The standard InChI is InChI=1S/C22H28N4O2/c1-15-9-16(2)11-18(10-15)22(28)25-7-3-5-17(13-25)21(27)26-8-4-6-20-19(14-26)12-23-24-20/h9-12,17H,3-8,13-14H2,1-2H3,(H,23,24). The van der Waals surface area contributed by atoms with Gasteiger partial charge in [0.05, 0.1) is 12.1 Å². The summed E-state index contributed by atoms with van der Waals surface area (Å²) in [6.07, 6.45) is 5.43. The van der Waals surface area contributed by atoms with Crippen LogP contribution in [0.1, 0.15) is 52.0 Å². The Morgan fingerprint density at radius 1 is 1.07 bits per heavy atom. The molecule has 1 aromatic heterocycles. The van der Waals surface area contributed by atoms with Crippen LogP contribution in [0.4, 0.5) is 0 Å². The summed E-state index contributed by atoms with van der Waals surface area (Å²) in [4.78, 5) is 30.0. The van der Waals surface area contributed by atoms with E-state index in [-0.39, 0.29) is 17.7 Å². The molecule has 0 radical (unpaired) electrons. The number of aromatic amines is 1. The summed E-state index contributed by atoms with van der Waals surface area (Å²) in [6, 6.07) is 5.95. The number of fused-ring (bicyclic) bond motifs is 1. The molecular formula is C22H28N4O2. The highest BCUT2D eigenvalue weighted by atomic mass is 16.2. The van der Waals surface area contributed by atoms with E-state index >= 15 is 0 Å². The van der Waals surface area contributed by atoms with Crippen molar-refractivity contribution in [1.29, 1.82) is 0 Å². The Labute approximate surface area is 165 Å². The second-order valence-corrected chi connectivity index (χ2v) is 8.20. The van der Waals surface area contributed by atoms with Crippen molar-refractivity contribution >= 4 is 11.8 Å². The van der Waals surface area contributed by atoms with Gasteiger partial charge in [0.15, 0.2) is 0 Å². The monoisotopic (exact) mass is 380 g/mol. The Bertz CT molecular complexity index is 868. The van der Waals surface area contributed by atoms with Crippen molar-refractivity contribution in [2.24, 2.45) is 5.92 Å². The van der Waals surface area contributed by atoms with Crippen molar-refractivity contribution < 1.29 is 9.59 Å². The van der Waals surface area contributed by atoms with Crippen LogP contribution in [-0.4, -0.2) is 51.4 Å². The predicted molar refractivity (Wildman–Crippen MR) is 107 cm³/mol. The molecule has 4 rings (SSSR count). The average molecular weight is 380 g/mol. The lowest BCUT2D eigenvalue weighted by molar-refractivity contribution is -0.137. The summed E-state index contributed by atoms with van der Waals surface area (Å²) in [5.74, 6) is 0.0984. The third-order valence-electron chi connectivity index (χ3n) is 5.86. The third kappa shape index (κ3) is 3.81. The largest absolute Gasteiger partial charge is 0.338 e. The molecule has 0 spiro atoms. The number of piperidine rings is 1. The Kier molecular flexibility index (Phi) is 5.20. The zero-order valence-corrected chi connectivity index (χ0v) is 16.7. The van der Waals surface area contributed by atoms with Crippen molar-refractivity contribution in [1.82, 2.24) is 20.0 Å². The van der Waals surface area contributed by atoms with Crippen LogP contribution in [0.2, 0.25) is 0 Å². The number of carbonyl (C=O) groups excluding carboxylic acids is 2. The Morgan fingerprint density at radius 2 is 1.82 bits per heavy atom. The van der Waals surface area contributed by atoms with Crippen LogP contribution in [0.15, 0.2) is 24.4 Å². The van der Waals surface area contributed by atoms with Gasteiger partial charge in [0.25, 0.3) is 5.91 Å². The van der Waals surface area contributed by atoms with Gasteiger partial charge in [-0.2, -0.15) is 5.10 Å². The molecule has 1 fully saturated rings. The molecule has 0 aliphatic carbocycles. The van der Waals surface area contributed by atoms with Gasteiger partial charge in [-0.05, 0) is 51.7 Å². The summed E-state index contributed by atoms with van der Waals surface area (Å²) in [5, 5.41) is 7.16. The number of amides is 2. The zero-order chi connectivity index (χ0) is 19.7. The predicted octanol–water partition coefficient (Wildman–Crippen LogP) is 2.85. The van der Waals surface area contributed by atoms with Gasteiger partial charge in [-0.3, -0.25) is 14.7 Å². The van der Waals surface area contributed by atoms with E-state index in [0.717, 1.165) is 66.7 Å². The van der Waals surface area contributed by atoms with Crippen LogP contribution >= 0.6 is 0 Å². The lowest BCUT2D eigenvalue weighted by atomic mass is 9.95. The number of aromatic nitrogens is 2. The normalized spacial score (nSPS) is 19.9. The van der Waals surface area contributed by atoms with Gasteiger partial charge in [-0.25, -0.2) is 0 Å². The first kappa shape index (κ1) is 18.7. The summed E-state index contributed by atoms with van der Waals surface area (Å²) < 4.78 is 0. The van der Waals surface area contributed by atoms with Crippen LogP contribution in [-0.2, 0) is 17.8 Å². The summed E-state index contributed by atoms with van der Waals surface area (Å²) in [6.45, 7) is 6.64. The van der Waals surface area contributed by atoms with Gasteiger partial charge >= 0.3 is 0 Å². The molecule has 0 bridgehead atoms. The lowest BCUT2D eigenvalue weighted by Crippen LogP contribution is -2.46.